The minimum atomic E-state index is 0.613. The summed E-state index contributed by atoms with van der Waals surface area (Å²) in [5, 5.41) is 8.35. The highest BCUT2D eigenvalue weighted by atomic mass is 16.5. The van der Waals surface area contributed by atoms with E-state index in [9.17, 15) is 0 Å². The van der Waals surface area contributed by atoms with Crippen molar-refractivity contribution >= 4 is 11.4 Å². The average Bonchev–Trinajstić information content (AvgIpc) is 2.53. The first-order valence-electron chi connectivity index (χ1n) is 6.04. The standard InChI is InChI=1S/C15H16N2O3/c1-18-12-6-4-11(5-7-12)16-17-14-9-8-13(19-2)10-15(14)20-3/h4-10H,1-3H3. The summed E-state index contributed by atoms with van der Waals surface area (Å²) in [5.41, 5.74) is 1.38. The Balaban J connectivity index is 2.21. The molecule has 0 aliphatic heterocycles. The molecule has 0 bridgehead atoms. The van der Waals surface area contributed by atoms with Crippen molar-refractivity contribution in [2.75, 3.05) is 21.3 Å². The number of rotatable bonds is 5. The van der Waals surface area contributed by atoms with Gasteiger partial charge in [-0.05, 0) is 36.4 Å². The summed E-state index contributed by atoms with van der Waals surface area (Å²) < 4.78 is 15.5. The molecule has 2 aromatic carbocycles. The Morgan fingerprint density at radius 2 is 1.35 bits per heavy atom. The monoisotopic (exact) mass is 272 g/mol. The maximum Gasteiger partial charge on any atom is 0.150 e. The molecule has 0 N–H and O–H groups in total. The zero-order chi connectivity index (χ0) is 14.4. The molecule has 0 aliphatic rings. The summed E-state index contributed by atoms with van der Waals surface area (Å²) in [6.07, 6.45) is 0. The van der Waals surface area contributed by atoms with E-state index in [4.69, 9.17) is 14.2 Å². The minimum Gasteiger partial charge on any atom is -0.497 e. The first kappa shape index (κ1) is 13.9. The van der Waals surface area contributed by atoms with Crippen LogP contribution in [-0.4, -0.2) is 21.3 Å². The number of azo groups is 1. The van der Waals surface area contributed by atoms with Gasteiger partial charge >= 0.3 is 0 Å². The number of nitrogens with zero attached hydrogens (tertiary/aromatic N) is 2. The van der Waals surface area contributed by atoms with Gasteiger partial charge in [0.1, 0.15) is 22.9 Å². The molecule has 0 radical (unpaired) electrons. The topological polar surface area (TPSA) is 52.4 Å². The lowest BCUT2D eigenvalue weighted by Gasteiger charge is -2.06. The molecular formula is C15H16N2O3. The maximum atomic E-state index is 5.26. The molecule has 0 fully saturated rings. The number of hydrogen-bond donors (Lipinski definition) is 0. The summed E-state index contributed by atoms with van der Waals surface area (Å²) in [4.78, 5) is 0. The summed E-state index contributed by atoms with van der Waals surface area (Å²) in [5.74, 6) is 2.11. The van der Waals surface area contributed by atoms with Gasteiger partial charge in [-0.3, -0.25) is 0 Å². The van der Waals surface area contributed by atoms with E-state index in [0.29, 0.717) is 17.2 Å². The quantitative estimate of drug-likeness (QED) is 0.769. The van der Waals surface area contributed by atoms with Gasteiger partial charge in [0.2, 0.25) is 0 Å². The maximum absolute atomic E-state index is 5.26. The second-order valence-electron chi connectivity index (χ2n) is 3.94. The molecule has 0 amide bonds. The van der Waals surface area contributed by atoms with Crippen LogP contribution in [0.25, 0.3) is 0 Å². The Bertz CT molecular complexity index is 595. The van der Waals surface area contributed by atoms with Crippen molar-refractivity contribution < 1.29 is 14.2 Å². The Morgan fingerprint density at radius 1 is 0.700 bits per heavy atom. The van der Waals surface area contributed by atoms with Gasteiger partial charge in [-0.25, -0.2) is 0 Å². The van der Waals surface area contributed by atoms with Crippen molar-refractivity contribution in [2.24, 2.45) is 10.2 Å². The van der Waals surface area contributed by atoms with Gasteiger partial charge in [0.25, 0.3) is 0 Å². The van der Waals surface area contributed by atoms with Crippen LogP contribution in [0.15, 0.2) is 52.7 Å². The Morgan fingerprint density at radius 3 is 1.95 bits per heavy atom. The van der Waals surface area contributed by atoms with E-state index in [1.165, 1.54) is 0 Å². The highest BCUT2D eigenvalue weighted by molar-refractivity contribution is 5.55. The van der Waals surface area contributed by atoms with Gasteiger partial charge in [0.05, 0.1) is 27.0 Å². The SMILES string of the molecule is COc1ccc(N=Nc2ccc(OC)cc2OC)cc1. The first-order valence-corrected chi connectivity index (χ1v) is 6.04. The predicted octanol–water partition coefficient (Wildman–Crippen LogP) is 4.13. The summed E-state index contributed by atoms with van der Waals surface area (Å²) in [6.45, 7) is 0. The number of ether oxygens (including phenoxy) is 3. The molecule has 0 atom stereocenters. The molecule has 0 saturated carbocycles. The first-order chi connectivity index (χ1) is 9.76. The minimum absolute atomic E-state index is 0.613. The van der Waals surface area contributed by atoms with Crippen molar-refractivity contribution in [3.8, 4) is 17.2 Å². The predicted molar refractivity (Wildman–Crippen MR) is 76.7 cm³/mol. The molecule has 0 heterocycles. The molecule has 0 aliphatic carbocycles. The van der Waals surface area contributed by atoms with E-state index in [2.05, 4.69) is 10.2 Å². The van der Waals surface area contributed by atoms with Crippen LogP contribution >= 0.6 is 0 Å². The highest BCUT2D eigenvalue weighted by Gasteiger charge is 2.03. The molecule has 5 heteroatoms. The normalized spacial score (nSPS) is 10.6. The van der Waals surface area contributed by atoms with Crippen LogP contribution in [0.3, 0.4) is 0 Å². The molecule has 104 valence electrons. The van der Waals surface area contributed by atoms with E-state index in [1.807, 2.05) is 30.3 Å². The van der Waals surface area contributed by atoms with Crippen LogP contribution in [-0.2, 0) is 0 Å². The van der Waals surface area contributed by atoms with Crippen molar-refractivity contribution in [3.05, 3.63) is 42.5 Å². The molecule has 2 rings (SSSR count). The fourth-order valence-corrected chi connectivity index (χ4v) is 1.63. The van der Waals surface area contributed by atoms with E-state index in [-0.39, 0.29) is 0 Å². The van der Waals surface area contributed by atoms with Crippen molar-refractivity contribution in [1.82, 2.24) is 0 Å². The summed E-state index contributed by atoms with van der Waals surface area (Å²) in [7, 11) is 4.81. The van der Waals surface area contributed by atoms with E-state index < -0.39 is 0 Å². The van der Waals surface area contributed by atoms with Gasteiger partial charge in [-0.15, -0.1) is 5.11 Å². The third kappa shape index (κ3) is 3.26. The smallest absolute Gasteiger partial charge is 0.150 e. The molecule has 0 saturated heterocycles. The van der Waals surface area contributed by atoms with Gasteiger partial charge in [0.15, 0.2) is 0 Å². The number of methoxy groups -OCH3 is 3. The highest BCUT2D eigenvalue weighted by Crippen LogP contribution is 2.32. The number of benzene rings is 2. The van der Waals surface area contributed by atoms with Crippen LogP contribution in [0.1, 0.15) is 0 Å². The zero-order valence-corrected chi connectivity index (χ0v) is 11.7. The van der Waals surface area contributed by atoms with E-state index in [0.717, 1.165) is 11.4 Å². The number of hydrogen-bond acceptors (Lipinski definition) is 5. The summed E-state index contributed by atoms with van der Waals surface area (Å²) in [6, 6.07) is 12.7. The second kappa shape index (κ2) is 6.56. The average molecular weight is 272 g/mol. The molecule has 5 nitrogen and oxygen atoms in total. The van der Waals surface area contributed by atoms with Crippen molar-refractivity contribution in [1.29, 1.82) is 0 Å². The van der Waals surface area contributed by atoms with Gasteiger partial charge in [-0.2, -0.15) is 5.11 Å². The lowest BCUT2D eigenvalue weighted by molar-refractivity contribution is 0.395. The van der Waals surface area contributed by atoms with Crippen molar-refractivity contribution in [2.45, 2.75) is 0 Å². The Hall–Kier alpha value is -2.56. The lowest BCUT2D eigenvalue weighted by atomic mass is 10.3. The molecular weight excluding hydrogens is 256 g/mol. The van der Waals surface area contributed by atoms with Gasteiger partial charge in [0, 0.05) is 6.07 Å². The summed E-state index contributed by atoms with van der Waals surface area (Å²) >= 11 is 0. The molecule has 0 aromatic heterocycles. The lowest BCUT2D eigenvalue weighted by Crippen LogP contribution is -1.86. The molecule has 20 heavy (non-hydrogen) atoms. The zero-order valence-electron chi connectivity index (χ0n) is 11.7. The Labute approximate surface area is 117 Å². The fraction of sp³-hybridized carbons (Fsp3) is 0.200. The second-order valence-corrected chi connectivity index (χ2v) is 3.94. The van der Waals surface area contributed by atoms with E-state index >= 15 is 0 Å². The largest absolute Gasteiger partial charge is 0.497 e. The van der Waals surface area contributed by atoms with Crippen molar-refractivity contribution in [3.63, 3.8) is 0 Å². The van der Waals surface area contributed by atoms with Gasteiger partial charge < -0.3 is 14.2 Å². The van der Waals surface area contributed by atoms with E-state index in [1.54, 1.807) is 33.5 Å². The van der Waals surface area contributed by atoms with Crippen LogP contribution in [0, 0.1) is 0 Å². The molecule has 2 aromatic rings. The fourth-order valence-electron chi connectivity index (χ4n) is 1.63. The molecule has 0 spiro atoms. The van der Waals surface area contributed by atoms with Crippen LogP contribution in [0.4, 0.5) is 11.4 Å². The van der Waals surface area contributed by atoms with Gasteiger partial charge in [-0.1, -0.05) is 0 Å². The molecule has 0 unspecified atom stereocenters. The van der Waals surface area contributed by atoms with Crippen LogP contribution < -0.4 is 14.2 Å². The Kier molecular flexibility index (Phi) is 4.55. The van der Waals surface area contributed by atoms with Crippen LogP contribution in [0.5, 0.6) is 17.2 Å². The third-order valence-electron chi connectivity index (χ3n) is 2.73. The third-order valence-corrected chi connectivity index (χ3v) is 2.73. The van der Waals surface area contributed by atoms with Crippen LogP contribution in [0.2, 0.25) is 0 Å².